The lowest BCUT2D eigenvalue weighted by Gasteiger charge is -2.10. The largest absolute Gasteiger partial charge is 0.300 e. The van der Waals surface area contributed by atoms with Crippen molar-refractivity contribution in [3.63, 3.8) is 0 Å². The van der Waals surface area contributed by atoms with Crippen LogP contribution in [-0.2, 0) is 30.4 Å². The summed E-state index contributed by atoms with van der Waals surface area (Å²) in [7, 11) is -14.6. The van der Waals surface area contributed by atoms with Crippen molar-refractivity contribution in [3.8, 4) is 0 Å². The zero-order valence-corrected chi connectivity index (χ0v) is 13.3. The summed E-state index contributed by atoms with van der Waals surface area (Å²) in [6, 6.07) is 2.45. The molecule has 1 radical (unpaired) electrons. The maximum Gasteiger partial charge on any atom is 0.295 e. The predicted molar refractivity (Wildman–Crippen MR) is 76.1 cm³/mol. The molecule has 2 aromatic rings. The van der Waals surface area contributed by atoms with Crippen LogP contribution >= 0.6 is 0 Å². The molecule has 125 valence electrons. The minimum atomic E-state index is -4.99. The van der Waals surface area contributed by atoms with Gasteiger partial charge in [0.25, 0.3) is 30.4 Å². The topological polar surface area (TPSA) is 187 Å². The average Bonchev–Trinajstić information content (AvgIpc) is 2.33. The van der Waals surface area contributed by atoms with Crippen molar-refractivity contribution in [2.45, 2.75) is 14.7 Å². The average molecular weight is 382 g/mol. The van der Waals surface area contributed by atoms with E-state index in [2.05, 4.69) is 0 Å². The molecule has 0 unspecified atom stereocenters. The highest BCUT2D eigenvalue weighted by molar-refractivity contribution is 7.87. The van der Waals surface area contributed by atoms with Gasteiger partial charge in [0, 0.05) is 5.39 Å². The molecule has 10 nitrogen and oxygen atoms in total. The summed E-state index contributed by atoms with van der Waals surface area (Å²) >= 11 is 0. The quantitative estimate of drug-likeness (QED) is 0.635. The summed E-state index contributed by atoms with van der Waals surface area (Å²) in [4.78, 5) is -2.73. The van der Waals surface area contributed by atoms with Crippen molar-refractivity contribution in [1.82, 2.24) is 5.73 Å². The standard InChI is InChI=1S/C10H8NO9S3/c11-8-3-6(21(12,13)14)1-5-2-7(22(15,16)17)4-9(10(5)8)23(18,19)20/h1-4,11H,(H,12,13,14)(H,15,16,17)(H,18,19,20). The van der Waals surface area contributed by atoms with Crippen molar-refractivity contribution in [2.75, 3.05) is 0 Å². The summed E-state index contributed by atoms with van der Waals surface area (Å²) in [5.41, 5.74) is 6.96. The van der Waals surface area contributed by atoms with Crippen molar-refractivity contribution < 1.29 is 38.9 Å². The lowest BCUT2D eigenvalue weighted by molar-refractivity contribution is 0.480. The Morgan fingerprint density at radius 2 is 1.13 bits per heavy atom. The number of rotatable bonds is 3. The van der Waals surface area contributed by atoms with Crippen LogP contribution in [0.1, 0.15) is 0 Å². The van der Waals surface area contributed by atoms with E-state index in [4.69, 9.17) is 14.8 Å². The Bertz CT molecular complexity index is 1130. The van der Waals surface area contributed by atoms with E-state index in [1.54, 1.807) is 0 Å². The molecule has 0 aromatic heterocycles. The Hall–Kier alpha value is -1.77. The molecule has 0 fully saturated rings. The van der Waals surface area contributed by atoms with Crippen molar-refractivity contribution in [3.05, 3.63) is 24.3 Å². The van der Waals surface area contributed by atoms with Gasteiger partial charge in [-0.05, 0) is 29.7 Å². The molecule has 0 aliphatic heterocycles. The van der Waals surface area contributed by atoms with Crippen LogP contribution in [0.3, 0.4) is 0 Å². The molecule has 4 N–H and O–H groups in total. The van der Waals surface area contributed by atoms with Crippen LogP contribution in [0.15, 0.2) is 39.0 Å². The van der Waals surface area contributed by atoms with Gasteiger partial charge in [0.1, 0.15) is 4.90 Å². The second-order valence-electron chi connectivity index (χ2n) is 4.42. The molecular formula is C10H8NO9S3. The second-order valence-corrected chi connectivity index (χ2v) is 8.65. The Balaban J connectivity index is 3.12. The summed E-state index contributed by atoms with van der Waals surface area (Å²) in [5.74, 6) is 0. The minimum absolute atomic E-state index is 0.409. The van der Waals surface area contributed by atoms with Gasteiger partial charge < -0.3 is 5.73 Å². The van der Waals surface area contributed by atoms with Crippen LogP contribution in [-0.4, -0.2) is 38.9 Å². The van der Waals surface area contributed by atoms with E-state index in [-0.39, 0.29) is 0 Å². The highest BCUT2D eigenvalue weighted by Crippen LogP contribution is 2.34. The number of fused-ring (bicyclic) bond motifs is 1. The summed E-state index contributed by atoms with van der Waals surface area (Å²) in [5, 5.41) is -0.889. The van der Waals surface area contributed by atoms with Crippen LogP contribution in [0, 0.1) is 0 Å². The molecule has 23 heavy (non-hydrogen) atoms. The Labute approximate surface area is 130 Å². The van der Waals surface area contributed by atoms with Crippen LogP contribution in [0.4, 0.5) is 5.69 Å². The maximum absolute atomic E-state index is 11.4. The zero-order valence-electron chi connectivity index (χ0n) is 10.8. The fraction of sp³-hybridized carbons (Fsp3) is 0. The molecular weight excluding hydrogens is 374 g/mol. The number of hydrogen-bond acceptors (Lipinski definition) is 6. The SMILES string of the molecule is [NH]c1cc(S(=O)(=O)O)cc2cc(S(=O)(=O)O)cc(S(=O)(=O)O)c12. The third-order valence-electron chi connectivity index (χ3n) is 2.83. The van der Waals surface area contributed by atoms with E-state index in [0.29, 0.717) is 24.3 Å². The van der Waals surface area contributed by atoms with Gasteiger partial charge in [0.15, 0.2) is 0 Å². The highest BCUT2D eigenvalue weighted by Gasteiger charge is 2.24. The van der Waals surface area contributed by atoms with E-state index in [0.717, 1.165) is 0 Å². The molecule has 0 amide bonds. The molecule has 2 rings (SSSR count). The number of benzene rings is 2. The summed E-state index contributed by atoms with van der Waals surface area (Å²) < 4.78 is 94.6. The fourth-order valence-corrected chi connectivity index (χ4v) is 3.85. The Morgan fingerprint density at radius 3 is 1.52 bits per heavy atom. The molecule has 0 aliphatic rings. The number of hydrogen-bond donors (Lipinski definition) is 3. The van der Waals surface area contributed by atoms with Gasteiger partial charge in [-0.15, -0.1) is 0 Å². The monoisotopic (exact) mass is 382 g/mol. The molecule has 0 atom stereocenters. The first-order chi connectivity index (χ1) is 10.2. The van der Waals surface area contributed by atoms with Crippen molar-refractivity contribution in [2.24, 2.45) is 0 Å². The lowest BCUT2D eigenvalue weighted by atomic mass is 10.1. The Kier molecular flexibility index (Phi) is 3.91. The summed E-state index contributed by atoms with van der Waals surface area (Å²) in [6.07, 6.45) is 0. The van der Waals surface area contributed by atoms with Crippen LogP contribution in [0.5, 0.6) is 0 Å². The predicted octanol–water partition coefficient (Wildman–Crippen LogP) is 0.494. The molecule has 0 spiro atoms. The zero-order chi connectivity index (χ0) is 17.8. The first kappa shape index (κ1) is 17.6. The van der Waals surface area contributed by atoms with E-state index < -0.39 is 61.5 Å². The third-order valence-corrected chi connectivity index (χ3v) is 5.37. The molecule has 0 heterocycles. The van der Waals surface area contributed by atoms with E-state index in [9.17, 15) is 29.8 Å². The maximum atomic E-state index is 11.4. The van der Waals surface area contributed by atoms with Crippen LogP contribution < -0.4 is 5.73 Å². The highest BCUT2D eigenvalue weighted by atomic mass is 32.2. The molecule has 0 bridgehead atoms. The molecule has 2 aromatic carbocycles. The molecule has 0 saturated carbocycles. The third kappa shape index (κ3) is 3.44. The van der Waals surface area contributed by atoms with Crippen molar-refractivity contribution in [1.29, 1.82) is 0 Å². The number of nitrogens with one attached hydrogen (secondary N) is 1. The van der Waals surface area contributed by atoms with Crippen LogP contribution in [0.2, 0.25) is 0 Å². The van der Waals surface area contributed by atoms with Gasteiger partial charge in [-0.3, -0.25) is 13.7 Å². The summed E-state index contributed by atoms with van der Waals surface area (Å²) in [6.45, 7) is 0. The normalized spacial score (nSPS) is 13.3. The van der Waals surface area contributed by atoms with E-state index in [1.807, 2.05) is 0 Å². The van der Waals surface area contributed by atoms with E-state index in [1.165, 1.54) is 0 Å². The lowest BCUT2D eigenvalue weighted by Crippen LogP contribution is -2.06. The van der Waals surface area contributed by atoms with Gasteiger partial charge in [0.2, 0.25) is 0 Å². The van der Waals surface area contributed by atoms with Gasteiger partial charge in [-0.25, -0.2) is 0 Å². The second kappa shape index (κ2) is 5.12. The smallest absolute Gasteiger partial charge is 0.295 e. The van der Waals surface area contributed by atoms with Gasteiger partial charge in [-0.1, -0.05) is 0 Å². The molecule has 13 heteroatoms. The first-order valence-corrected chi connectivity index (χ1v) is 9.79. The molecule has 0 aliphatic carbocycles. The van der Waals surface area contributed by atoms with E-state index >= 15 is 0 Å². The molecule has 0 saturated heterocycles. The van der Waals surface area contributed by atoms with Gasteiger partial charge in [0.05, 0.1) is 15.5 Å². The van der Waals surface area contributed by atoms with Crippen LogP contribution in [0.25, 0.3) is 10.8 Å². The first-order valence-electron chi connectivity index (χ1n) is 5.47. The van der Waals surface area contributed by atoms with Gasteiger partial charge >= 0.3 is 0 Å². The minimum Gasteiger partial charge on any atom is -0.300 e. The fourth-order valence-electron chi connectivity index (χ4n) is 1.92. The van der Waals surface area contributed by atoms with Crippen molar-refractivity contribution >= 4 is 46.8 Å². The Morgan fingerprint density at radius 1 is 0.696 bits per heavy atom. The van der Waals surface area contributed by atoms with Gasteiger partial charge in [-0.2, -0.15) is 25.3 Å².